The van der Waals surface area contributed by atoms with Gasteiger partial charge < -0.3 is 14.8 Å². The first kappa shape index (κ1) is 16.8. The van der Waals surface area contributed by atoms with Crippen molar-refractivity contribution in [2.45, 2.75) is 32.7 Å². The van der Waals surface area contributed by atoms with Crippen molar-refractivity contribution in [3.8, 4) is 11.5 Å². The van der Waals surface area contributed by atoms with E-state index < -0.39 is 0 Å². The molecule has 4 nitrogen and oxygen atoms in total. The molecule has 0 saturated carbocycles. The number of ether oxygens (including phenoxy) is 2. The van der Waals surface area contributed by atoms with Crippen LogP contribution in [-0.2, 0) is 6.42 Å². The quantitative estimate of drug-likeness (QED) is 0.803. The Morgan fingerprint density at radius 1 is 1.23 bits per heavy atom. The second kappa shape index (κ2) is 8.15. The van der Waals surface area contributed by atoms with Crippen molar-refractivity contribution in [1.29, 1.82) is 0 Å². The first-order valence-corrected chi connectivity index (χ1v) is 8.44. The van der Waals surface area contributed by atoms with Crippen molar-refractivity contribution < 1.29 is 9.47 Å². The first-order chi connectivity index (χ1) is 10.7. The summed E-state index contributed by atoms with van der Waals surface area (Å²) in [6.07, 6.45) is 1.94. The summed E-state index contributed by atoms with van der Waals surface area (Å²) < 4.78 is 10.6. The Morgan fingerprint density at radius 3 is 2.68 bits per heavy atom. The standard InChI is InChI=1S/C17H24N2O2S/c1-5-8-18-12(2)14-11-22-17(19-14)10-13-6-7-15(20-3)16(9-13)21-4/h6-7,9,11-12,18H,5,8,10H2,1-4H3. The number of nitrogens with zero attached hydrogens (tertiary/aromatic N) is 1. The Balaban J connectivity index is 2.06. The van der Waals surface area contributed by atoms with Crippen molar-refractivity contribution >= 4 is 11.3 Å². The molecule has 5 heteroatoms. The minimum absolute atomic E-state index is 0.301. The number of thiazole rings is 1. The number of rotatable bonds is 8. The lowest BCUT2D eigenvalue weighted by atomic mass is 10.1. The van der Waals surface area contributed by atoms with Crippen LogP contribution in [0.5, 0.6) is 11.5 Å². The van der Waals surface area contributed by atoms with E-state index >= 15 is 0 Å². The van der Waals surface area contributed by atoms with E-state index in [0.717, 1.165) is 41.6 Å². The van der Waals surface area contributed by atoms with Gasteiger partial charge in [0.1, 0.15) is 0 Å². The Bertz CT molecular complexity index is 598. The summed E-state index contributed by atoms with van der Waals surface area (Å²) in [5.74, 6) is 1.51. The van der Waals surface area contributed by atoms with Crippen LogP contribution in [0.1, 0.15) is 42.6 Å². The molecule has 1 unspecified atom stereocenters. The normalized spacial score (nSPS) is 12.2. The highest BCUT2D eigenvalue weighted by Gasteiger charge is 2.11. The van der Waals surface area contributed by atoms with Gasteiger partial charge in [-0.2, -0.15) is 0 Å². The van der Waals surface area contributed by atoms with Crippen LogP contribution in [0.3, 0.4) is 0 Å². The van der Waals surface area contributed by atoms with Gasteiger partial charge in [-0.1, -0.05) is 13.0 Å². The zero-order valence-corrected chi connectivity index (χ0v) is 14.5. The molecule has 2 aromatic rings. The van der Waals surface area contributed by atoms with Crippen molar-refractivity contribution in [1.82, 2.24) is 10.3 Å². The molecule has 1 atom stereocenters. The minimum atomic E-state index is 0.301. The summed E-state index contributed by atoms with van der Waals surface area (Å²) >= 11 is 1.71. The van der Waals surface area contributed by atoms with E-state index in [1.165, 1.54) is 5.56 Å². The van der Waals surface area contributed by atoms with Gasteiger partial charge in [-0.05, 0) is 37.6 Å². The number of methoxy groups -OCH3 is 2. The molecular formula is C17H24N2O2S. The van der Waals surface area contributed by atoms with Crippen LogP contribution in [0.25, 0.3) is 0 Å². The minimum Gasteiger partial charge on any atom is -0.493 e. The van der Waals surface area contributed by atoms with Crippen molar-refractivity contribution in [3.63, 3.8) is 0 Å². The van der Waals surface area contributed by atoms with Gasteiger partial charge >= 0.3 is 0 Å². The molecule has 0 radical (unpaired) electrons. The molecule has 0 aliphatic carbocycles. The van der Waals surface area contributed by atoms with E-state index in [-0.39, 0.29) is 0 Å². The molecule has 1 aromatic heterocycles. The number of hydrogen-bond acceptors (Lipinski definition) is 5. The van der Waals surface area contributed by atoms with Gasteiger partial charge in [0.15, 0.2) is 11.5 Å². The first-order valence-electron chi connectivity index (χ1n) is 7.56. The molecule has 0 amide bonds. The monoisotopic (exact) mass is 320 g/mol. The average Bonchev–Trinajstić information content (AvgIpc) is 3.01. The van der Waals surface area contributed by atoms with Gasteiger partial charge in [0.2, 0.25) is 0 Å². The van der Waals surface area contributed by atoms with Gasteiger partial charge in [0.05, 0.1) is 24.9 Å². The molecule has 0 aliphatic rings. The molecule has 1 aromatic carbocycles. The van der Waals surface area contributed by atoms with Crippen LogP contribution >= 0.6 is 11.3 Å². The van der Waals surface area contributed by atoms with E-state index in [1.54, 1.807) is 25.6 Å². The van der Waals surface area contributed by atoms with Crippen LogP contribution in [0, 0.1) is 0 Å². The Hall–Kier alpha value is -1.59. The van der Waals surface area contributed by atoms with Crippen LogP contribution < -0.4 is 14.8 Å². The largest absolute Gasteiger partial charge is 0.493 e. The topological polar surface area (TPSA) is 43.4 Å². The molecular weight excluding hydrogens is 296 g/mol. The number of benzene rings is 1. The highest BCUT2D eigenvalue weighted by atomic mass is 32.1. The van der Waals surface area contributed by atoms with Crippen LogP contribution in [-0.4, -0.2) is 25.7 Å². The summed E-state index contributed by atoms with van der Waals surface area (Å²) in [7, 11) is 3.31. The Labute approximate surface area is 136 Å². The fraction of sp³-hybridized carbons (Fsp3) is 0.471. The summed E-state index contributed by atoms with van der Waals surface area (Å²) in [4.78, 5) is 4.74. The molecule has 2 rings (SSSR count). The second-order valence-corrected chi connectivity index (χ2v) is 6.15. The molecule has 0 saturated heterocycles. The third-order valence-corrected chi connectivity index (χ3v) is 4.38. The number of aromatic nitrogens is 1. The zero-order chi connectivity index (χ0) is 15.9. The third-order valence-electron chi connectivity index (χ3n) is 3.52. The molecule has 0 aliphatic heterocycles. The van der Waals surface area contributed by atoms with Crippen molar-refractivity contribution in [2.75, 3.05) is 20.8 Å². The summed E-state index contributed by atoms with van der Waals surface area (Å²) in [5.41, 5.74) is 2.29. The number of hydrogen-bond donors (Lipinski definition) is 1. The van der Waals surface area contributed by atoms with Gasteiger partial charge in [0.25, 0.3) is 0 Å². The molecule has 120 valence electrons. The highest BCUT2D eigenvalue weighted by Crippen LogP contribution is 2.29. The molecule has 1 heterocycles. The van der Waals surface area contributed by atoms with E-state index in [9.17, 15) is 0 Å². The molecule has 0 bridgehead atoms. The molecule has 0 fully saturated rings. The Kier molecular flexibility index (Phi) is 6.21. The summed E-state index contributed by atoms with van der Waals surface area (Å²) in [6, 6.07) is 6.31. The average molecular weight is 320 g/mol. The van der Waals surface area contributed by atoms with E-state index in [1.807, 2.05) is 12.1 Å². The summed E-state index contributed by atoms with van der Waals surface area (Å²) in [6.45, 7) is 5.35. The maximum atomic E-state index is 5.35. The summed E-state index contributed by atoms with van der Waals surface area (Å²) in [5, 5.41) is 6.73. The van der Waals surface area contributed by atoms with Crippen LogP contribution in [0.15, 0.2) is 23.6 Å². The second-order valence-electron chi connectivity index (χ2n) is 5.21. The predicted molar refractivity (Wildman–Crippen MR) is 91.2 cm³/mol. The van der Waals surface area contributed by atoms with Gasteiger partial charge in [-0.15, -0.1) is 11.3 Å². The zero-order valence-electron chi connectivity index (χ0n) is 13.7. The fourth-order valence-electron chi connectivity index (χ4n) is 2.24. The SMILES string of the molecule is CCCNC(C)c1csc(Cc2ccc(OC)c(OC)c2)n1. The maximum absolute atomic E-state index is 5.35. The molecule has 1 N–H and O–H groups in total. The van der Waals surface area contributed by atoms with E-state index in [4.69, 9.17) is 14.5 Å². The van der Waals surface area contributed by atoms with Gasteiger partial charge in [-0.3, -0.25) is 0 Å². The van der Waals surface area contributed by atoms with E-state index in [2.05, 4.69) is 30.6 Å². The van der Waals surface area contributed by atoms with Crippen molar-refractivity contribution in [3.05, 3.63) is 39.8 Å². The van der Waals surface area contributed by atoms with Crippen molar-refractivity contribution in [2.24, 2.45) is 0 Å². The molecule has 0 spiro atoms. The maximum Gasteiger partial charge on any atom is 0.160 e. The molecule has 22 heavy (non-hydrogen) atoms. The number of nitrogens with one attached hydrogen (secondary N) is 1. The Morgan fingerprint density at radius 2 is 2.00 bits per heavy atom. The third kappa shape index (κ3) is 4.21. The predicted octanol–water partition coefficient (Wildman–Crippen LogP) is 3.81. The fourth-order valence-corrected chi connectivity index (χ4v) is 3.16. The smallest absolute Gasteiger partial charge is 0.160 e. The van der Waals surface area contributed by atoms with Gasteiger partial charge in [0, 0.05) is 17.8 Å². The highest BCUT2D eigenvalue weighted by molar-refractivity contribution is 7.09. The lowest BCUT2D eigenvalue weighted by molar-refractivity contribution is 0.354. The lowest BCUT2D eigenvalue weighted by Crippen LogP contribution is -2.19. The van der Waals surface area contributed by atoms with Crippen LogP contribution in [0.2, 0.25) is 0 Å². The lowest BCUT2D eigenvalue weighted by Gasteiger charge is -2.10. The van der Waals surface area contributed by atoms with Crippen LogP contribution in [0.4, 0.5) is 0 Å². The van der Waals surface area contributed by atoms with E-state index in [0.29, 0.717) is 6.04 Å². The van der Waals surface area contributed by atoms with Gasteiger partial charge in [-0.25, -0.2) is 4.98 Å².